The molecule has 0 radical (unpaired) electrons. The van der Waals surface area contributed by atoms with Crippen molar-refractivity contribution < 1.29 is 9.59 Å². The molecule has 0 aromatic heterocycles. The highest BCUT2D eigenvalue weighted by Crippen LogP contribution is 2.28. The van der Waals surface area contributed by atoms with Crippen molar-refractivity contribution in [1.82, 2.24) is 9.80 Å². The summed E-state index contributed by atoms with van der Waals surface area (Å²) in [7, 11) is 0. The van der Waals surface area contributed by atoms with Crippen LogP contribution in [0.4, 0.5) is 0 Å². The van der Waals surface area contributed by atoms with E-state index < -0.39 is 6.04 Å². The summed E-state index contributed by atoms with van der Waals surface area (Å²) in [4.78, 5) is 27.2. The Morgan fingerprint density at radius 2 is 1.93 bits per heavy atom. The van der Waals surface area contributed by atoms with Gasteiger partial charge in [-0.2, -0.15) is 0 Å². The van der Waals surface area contributed by atoms with Gasteiger partial charge < -0.3 is 16.3 Å². The Hall–Kier alpha value is -1.47. The van der Waals surface area contributed by atoms with Gasteiger partial charge in [-0.05, 0) is 57.5 Å². The first-order chi connectivity index (χ1) is 13.0. The van der Waals surface area contributed by atoms with Crippen LogP contribution in [-0.2, 0) is 9.59 Å². The van der Waals surface area contributed by atoms with E-state index >= 15 is 0 Å². The Morgan fingerprint density at radius 1 is 1.19 bits per heavy atom. The van der Waals surface area contributed by atoms with E-state index in [2.05, 4.69) is 4.90 Å². The van der Waals surface area contributed by atoms with Crippen LogP contribution in [0.5, 0.6) is 0 Å². The first-order valence-corrected chi connectivity index (χ1v) is 10.6. The number of rotatable bonds is 10. The smallest absolute Gasteiger partial charge is 0.246 e. The summed E-state index contributed by atoms with van der Waals surface area (Å²) >= 11 is 0. The average Bonchev–Trinajstić information content (AvgIpc) is 3.13. The van der Waals surface area contributed by atoms with E-state index in [1.165, 1.54) is 43.4 Å². The van der Waals surface area contributed by atoms with Gasteiger partial charge in [-0.15, -0.1) is 0 Å². The van der Waals surface area contributed by atoms with Crippen LogP contribution in [0.3, 0.4) is 0 Å². The van der Waals surface area contributed by atoms with Crippen LogP contribution in [0.15, 0.2) is 0 Å². The zero-order valence-corrected chi connectivity index (χ0v) is 16.6. The van der Waals surface area contributed by atoms with Gasteiger partial charge >= 0.3 is 0 Å². The minimum atomic E-state index is -0.517. The number of nitrogens with one attached hydrogen (secondary N) is 1. The topological polar surface area (TPSA) is 117 Å². The average molecular weight is 380 g/mol. The van der Waals surface area contributed by atoms with Crippen molar-refractivity contribution in [3.63, 3.8) is 0 Å². The van der Waals surface area contributed by atoms with Crippen molar-refractivity contribution in [2.45, 2.75) is 82.7 Å². The molecule has 2 atom stereocenters. The Kier molecular flexibility index (Phi) is 9.21. The molecule has 7 heteroatoms. The lowest BCUT2D eigenvalue weighted by atomic mass is 9.86. The van der Waals surface area contributed by atoms with E-state index in [0.717, 1.165) is 38.3 Å². The number of carbonyl (C=O) groups is 2. The maximum absolute atomic E-state index is 13.0. The molecule has 7 nitrogen and oxygen atoms in total. The SMILES string of the molecule is N=C(N)N(CCC[C@H](N)C=O)C(=O)[C@@H]1CCCN1CCCC1CCCCC1. The number of aldehydes is 1. The molecule has 1 saturated carbocycles. The minimum Gasteiger partial charge on any atom is -0.370 e. The summed E-state index contributed by atoms with van der Waals surface area (Å²) in [6, 6.07) is -0.684. The molecule has 1 aliphatic heterocycles. The maximum Gasteiger partial charge on any atom is 0.246 e. The fraction of sp³-hybridized carbons (Fsp3) is 0.850. The second-order valence-corrected chi connectivity index (χ2v) is 8.16. The van der Waals surface area contributed by atoms with E-state index in [4.69, 9.17) is 16.9 Å². The van der Waals surface area contributed by atoms with Gasteiger partial charge in [0.1, 0.15) is 6.29 Å². The van der Waals surface area contributed by atoms with Crippen LogP contribution in [0.1, 0.15) is 70.6 Å². The number of carbonyl (C=O) groups excluding carboxylic acids is 2. The summed E-state index contributed by atoms with van der Waals surface area (Å²) < 4.78 is 0. The molecule has 1 saturated heterocycles. The molecule has 154 valence electrons. The van der Waals surface area contributed by atoms with Crippen LogP contribution < -0.4 is 11.5 Å². The number of guanidine groups is 1. The molecule has 27 heavy (non-hydrogen) atoms. The molecule has 0 spiro atoms. The van der Waals surface area contributed by atoms with Crippen LogP contribution in [0.25, 0.3) is 0 Å². The second-order valence-electron chi connectivity index (χ2n) is 8.16. The molecular formula is C20H37N5O2. The Labute approximate surface area is 163 Å². The Bertz CT molecular complexity index is 493. The summed E-state index contributed by atoms with van der Waals surface area (Å²) in [6.45, 7) is 2.25. The van der Waals surface area contributed by atoms with Crippen molar-refractivity contribution in [2.75, 3.05) is 19.6 Å². The molecule has 0 aromatic rings. The predicted molar refractivity (Wildman–Crippen MR) is 107 cm³/mol. The maximum atomic E-state index is 13.0. The summed E-state index contributed by atoms with van der Waals surface area (Å²) in [5, 5.41) is 7.78. The molecule has 0 bridgehead atoms. The molecule has 0 aromatic carbocycles. The molecule has 1 amide bonds. The summed E-state index contributed by atoms with van der Waals surface area (Å²) in [6.07, 6.45) is 12.9. The normalized spacial score (nSPS) is 22.5. The fourth-order valence-corrected chi connectivity index (χ4v) is 4.51. The van der Waals surface area contributed by atoms with E-state index in [9.17, 15) is 9.59 Å². The highest BCUT2D eigenvalue weighted by atomic mass is 16.2. The predicted octanol–water partition coefficient (Wildman–Crippen LogP) is 1.84. The van der Waals surface area contributed by atoms with Gasteiger partial charge in [0, 0.05) is 6.54 Å². The van der Waals surface area contributed by atoms with Crippen LogP contribution >= 0.6 is 0 Å². The molecule has 0 unspecified atom stereocenters. The standard InChI is InChI=1S/C20H37N5O2/c21-17(15-26)10-5-14-25(20(22)23)19(27)18-11-6-13-24(18)12-4-9-16-7-2-1-3-8-16/h15-18H,1-14,21H2,(H3,22,23)/t17-,18-/m0/s1. The van der Waals surface area contributed by atoms with Crippen molar-refractivity contribution in [3.8, 4) is 0 Å². The molecule has 2 aliphatic rings. The van der Waals surface area contributed by atoms with E-state index in [1.54, 1.807) is 0 Å². The van der Waals surface area contributed by atoms with Crippen molar-refractivity contribution in [1.29, 1.82) is 5.41 Å². The van der Waals surface area contributed by atoms with Gasteiger partial charge in [-0.25, -0.2) is 0 Å². The van der Waals surface area contributed by atoms with E-state index in [-0.39, 0.29) is 17.9 Å². The number of nitrogens with two attached hydrogens (primary N) is 2. The molecular weight excluding hydrogens is 342 g/mol. The van der Waals surface area contributed by atoms with Crippen LogP contribution in [0, 0.1) is 11.3 Å². The van der Waals surface area contributed by atoms with Crippen molar-refractivity contribution in [3.05, 3.63) is 0 Å². The third-order valence-electron chi connectivity index (χ3n) is 6.08. The highest BCUT2D eigenvalue weighted by Gasteiger charge is 2.34. The minimum absolute atomic E-state index is 0.0719. The fourth-order valence-electron chi connectivity index (χ4n) is 4.51. The van der Waals surface area contributed by atoms with Gasteiger partial charge in [0.05, 0.1) is 12.1 Å². The Morgan fingerprint density at radius 3 is 2.59 bits per heavy atom. The second kappa shape index (κ2) is 11.4. The number of hydrogen-bond acceptors (Lipinski definition) is 5. The van der Waals surface area contributed by atoms with Gasteiger partial charge in [-0.3, -0.25) is 20.0 Å². The highest BCUT2D eigenvalue weighted by molar-refractivity contribution is 5.97. The van der Waals surface area contributed by atoms with Gasteiger partial charge in [0.25, 0.3) is 0 Å². The quantitative estimate of drug-likeness (QED) is 0.304. The van der Waals surface area contributed by atoms with Gasteiger partial charge in [-0.1, -0.05) is 32.1 Å². The molecule has 1 aliphatic carbocycles. The van der Waals surface area contributed by atoms with E-state index in [1.807, 2.05) is 0 Å². The summed E-state index contributed by atoms with van der Waals surface area (Å²) in [5.74, 6) is 0.581. The van der Waals surface area contributed by atoms with Crippen molar-refractivity contribution in [2.24, 2.45) is 17.4 Å². The van der Waals surface area contributed by atoms with Crippen molar-refractivity contribution >= 4 is 18.2 Å². The number of amides is 1. The molecule has 1 heterocycles. The monoisotopic (exact) mass is 379 g/mol. The van der Waals surface area contributed by atoms with Crippen LogP contribution in [0.2, 0.25) is 0 Å². The Balaban J connectivity index is 1.81. The zero-order chi connectivity index (χ0) is 19.6. The van der Waals surface area contributed by atoms with Crippen LogP contribution in [-0.4, -0.2) is 59.7 Å². The lowest BCUT2D eigenvalue weighted by Gasteiger charge is -2.30. The van der Waals surface area contributed by atoms with Gasteiger partial charge in [0.2, 0.25) is 5.91 Å². The molecule has 5 N–H and O–H groups in total. The lowest BCUT2D eigenvalue weighted by Crippen LogP contribution is -2.51. The zero-order valence-electron chi connectivity index (χ0n) is 16.6. The van der Waals surface area contributed by atoms with E-state index in [0.29, 0.717) is 25.7 Å². The molecule has 2 rings (SSSR count). The van der Waals surface area contributed by atoms with Gasteiger partial charge in [0.15, 0.2) is 5.96 Å². The number of nitrogens with zero attached hydrogens (tertiary/aromatic N) is 2. The summed E-state index contributed by atoms with van der Waals surface area (Å²) in [5.41, 5.74) is 11.3. The third kappa shape index (κ3) is 6.88. The largest absolute Gasteiger partial charge is 0.370 e. The molecule has 2 fully saturated rings. The number of likely N-dealkylation sites (tertiary alicyclic amines) is 1. The number of hydrogen-bond donors (Lipinski definition) is 3. The third-order valence-corrected chi connectivity index (χ3v) is 6.08. The lowest BCUT2D eigenvalue weighted by molar-refractivity contribution is -0.132. The first-order valence-electron chi connectivity index (χ1n) is 10.6. The first kappa shape index (κ1) is 21.8.